The van der Waals surface area contributed by atoms with Gasteiger partial charge in [0.1, 0.15) is 6.54 Å². The van der Waals surface area contributed by atoms with Gasteiger partial charge in [0.25, 0.3) is 0 Å². The number of hydrogen-bond donors (Lipinski definition) is 0. The fourth-order valence-corrected chi connectivity index (χ4v) is 2.73. The molecule has 120 valence electrons. The Morgan fingerprint density at radius 2 is 1.86 bits per heavy atom. The molecule has 1 fully saturated rings. The minimum absolute atomic E-state index is 0.0122. The third kappa shape index (κ3) is 4.07. The van der Waals surface area contributed by atoms with Crippen LogP contribution in [0.5, 0.6) is 0 Å². The lowest BCUT2D eigenvalue weighted by molar-refractivity contribution is -0.137. The van der Waals surface area contributed by atoms with E-state index in [1.165, 1.54) is 0 Å². The Kier molecular flexibility index (Phi) is 5.55. The molecule has 5 nitrogen and oxygen atoms in total. The summed E-state index contributed by atoms with van der Waals surface area (Å²) < 4.78 is 5.20. The molecule has 1 saturated heterocycles. The van der Waals surface area contributed by atoms with Crippen molar-refractivity contribution in [2.45, 2.75) is 27.2 Å². The lowest BCUT2D eigenvalue weighted by Gasteiger charge is -2.34. The monoisotopic (exact) mass is 304 g/mol. The summed E-state index contributed by atoms with van der Waals surface area (Å²) in [5.74, 6) is -0.0390. The summed E-state index contributed by atoms with van der Waals surface area (Å²) in [4.78, 5) is 27.8. The molecule has 0 unspecified atom stereocenters. The maximum Gasteiger partial charge on any atom is 0.246 e. The van der Waals surface area contributed by atoms with E-state index in [4.69, 9.17) is 4.74 Å². The van der Waals surface area contributed by atoms with Crippen LogP contribution in [0.15, 0.2) is 18.2 Å². The van der Waals surface area contributed by atoms with Crippen LogP contribution in [0.3, 0.4) is 0 Å². The number of nitrogens with zero attached hydrogens (tertiary/aromatic N) is 2. The van der Waals surface area contributed by atoms with Gasteiger partial charge in [-0.1, -0.05) is 6.07 Å². The molecule has 22 heavy (non-hydrogen) atoms. The van der Waals surface area contributed by atoms with E-state index in [9.17, 15) is 9.59 Å². The summed E-state index contributed by atoms with van der Waals surface area (Å²) in [6, 6.07) is 6.11. The number of benzene rings is 1. The Morgan fingerprint density at radius 3 is 2.45 bits per heavy atom. The minimum atomic E-state index is -0.0268. The first-order valence-corrected chi connectivity index (χ1v) is 7.75. The van der Waals surface area contributed by atoms with Crippen LogP contribution in [-0.4, -0.2) is 49.6 Å². The van der Waals surface area contributed by atoms with Gasteiger partial charge < -0.3 is 14.5 Å². The molecule has 2 amide bonds. The van der Waals surface area contributed by atoms with Gasteiger partial charge in [-0.05, 0) is 44.0 Å². The van der Waals surface area contributed by atoms with Gasteiger partial charge in [0.2, 0.25) is 11.8 Å². The molecule has 5 heteroatoms. The zero-order valence-electron chi connectivity index (χ0n) is 13.6. The van der Waals surface area contributed by atoms with Crippen LogP contribution in [0.25, 0.3) is 0 Å². The van der Waals surface area contributed by atoms with Crippen LogP contribution >= 0.6 is 0 Å². The van der Waals surface area contributed by atoms with E-state index >= 15 is 0 Å². The SMILES string of the molecule is CCOCCC(=O)N1CCN(c2cc(C)cc(C)c2)C(=O)C1. The molecule has 0 radical (unpaired) electrons. The van der Waals surface area contributed by atoms with Crippen LogP contribution in [0, 0.1) is 13.8 Å². The summed E-state index contributed by atoms with van der Waals surface area (Å²) in [5.41, 5.74) is 3.19. The second kappa shape index (κ2) is 7.40. The minimum Gasteiger partial charge on any atom is -0.381 e. The van der Waals surface area contributed by atoms with Gasteiger partial charge in [-0.2, -0.15) is 0 Å². The van der Waals surface area contributed by atoms with Crippen molar-refractivity contribution in [2.24, 2.45) is 0 Å². The van der Waals surface area contributed by atoms with E-state index in [1.807, 2.05) is 32.9 Å². The van der Waals surface area contributed by atoms with E-state index in [-0.39, 0.29) is 18.4 Å². The van der Waals surface area contributed by atoms with Crippen molar-refractivity contribution < 1.29 is 14.3 Å². The summed E-state index contributed by atoms with van der Waals surface area (Å²) >= 11 is 0. The number of piperazine rings is 1. The van der Waals surface area contributed by atoms with Gasteiger partial charge in [-0.3, -0.25) is 9.59 Å². The van der Waals surface area contributed by atoms with Crippen LogP contribution in [-0.2, 0) is 14.3 Å². The lowest BCUT2D eigenvalue weighted by Crippen LogP contribution is -2.52. The van der Waals surface area contributed by atoms with Crippen LogP contribution in [0.1, 0.15) is 24.5 Å². The maximum absolute atomic E-state index is 12.4. The number of amides is 2. The first kappa shape index (κ1) is 16.5. The average Bonchev–Trinajstić information content (AvgIpc) is 2.46. The van der Waals surface area contributed by atoms with Gasteiger partial charge in [0.15, 0.2) is 0 Å². The van der Waals surface area contributed by atoms with Gasteiger partial charge in [0.05, 0.1) is 13.0 Å². The summed E-state index contributed by atoms with van der Waals surface area (Å²) in [7, 11) is 0. The first-order chi connectivity index (χ1) is 10.5. The highest BCUT2D eigenvalue weighted by atomic mass is 16.5. The molecule has 0 bridgehead atoms. The molecule has 0 aliphatic carbocycles. The van der Waals surface area contributed by atoms with Gasteiger partial charge >= 0.3 is 0 Å². The largest absolute Gasteiger partial charge is 0.381 e. The average molecular weight is 304 g/mol. The zero-order valence-corrected chi connectivity index (χ0v) is 13.6. The second-order valence-electron chi connectivity index (χ2n) is 5.65. The van der Waals surface area contributed by atoms with E-state index < -0.39 is 0 Å². The molecule has 0 atom stereocenters. The first-order valence-electron chi connectivity index (χ1n) is 7.75. The van der Waals surface area contributed by atoms with Crippen LogP contribution < -0.4 is 4.90 Å². The van der Waals surface area contributed by atoms with E-state index in [2.05, 4.69) is 6.07 Å². The highest BCUT2D eigenvalue weighted by Gasteiger charge is 2.27. The molecule has 0 saturated carbocycles. The fraction of sp³-hybridized carbons (Fsp3) is 0.529. The number of aryl methyl sites for hydroxylation is 2. The van der Waals surface area contributed by atoms with E-state index in [0.29, 0.717) is 32.7 Å². The van der Waals surface area contributed by atoms with Crippen LogP contribution in [0.4, 0.5) is 5.69 Å². The normalized spacial score (nSPS) is 15.3. The third-order valence-electron chi connectivity index (χ3n) is 3.76. The van der Waals surface area contributed by atoms with Crippen molar-refractivity contribution in [2.75, 3.05) is 37.7 Å². The van der Waals surface area contributed by atoms with Crippen molar-refractivity contribution in [1.29, 1.82) is 0 Å². The summed E-state index contributed by atoms with van der Waals surface area (Å²) in [5, 5.41) is 0. The molecule has 1 aromatic rings. The lowest BCUT2D eigenvalue weighted by atomic mass is 10.1. The molecule has 1 aliphatic rings. The van der Waals surface area contributed by atoms with E-state index in [0.717, 1.165) is 16.8 Å². The molecular formula is C17H24N2O3. The van der Waals surface area contributed by atoms with Gasteiger partial charge in [-0.15, -0.1) is 0 Å². The highest BCUT2D eigenvalue weighted by Crippen LogP contribution is 2.21. The molecule has 1 aromatic carbocycles. The quantitative estimate of drug-likeness (QED) is 0.781. The number of anilines is 1. The van der Waals surface area contributed by atoms with E-state index in [1.54, 1.807) is 9.80 Å². The van der Waals surface area contributed by atoms with Gasteiger partial charge in [0, 0.05) is 25.4 Å². The Labute approximate surface area is 131 Å². The van der Waals surface area contributed by atoms with Crippen molar-refractivity contribution in [3.8, 4) is 0 Å². The predicted molar refractivity (Wildman–Crippen MR) is 86.0 cm³/mol. The summed E-state index contributed by atoms with van der Waals surface area (Å²) in [6.45, 7) is 8.23. The highest BCUT2D eigenvalue weighted by molar-refractivity contribution is 5.98. The molecule has 0 aromatic heterocycles. The van der Waals surface area contributed by atoms with Crippen molar-refractivity contribution in [3.05, 3.63) is 29.3 Å². The molecular weight excluding hydrogens is 280 g/mol. The third-order valence-corrected chi connectivity index (χ3v) is 3.76. The Morgan fingerprint density at radius 1 is 1.18 bits per heavy atom. The van der Waals surface area contributed by atoms with Crippen LogP contribution in [0.2, 0.25) is 0 Å². The van der Waals surface area contributed by atoms with Crippen molar-refractivity contribution >= 4 is 17.5 Å². The molecule has 2 rings (SSSR count). The van der Waals surface area contributed by atoms with Crippen molar-refractivity contribution in [1.82, 2.24) is 4.90 Å². The Balaban J connectivity index is 1.98. The molecule has 1 aliphatic heterocycles. The maximum atomic E-state index is 12.4. The van der Waals surface area contributed by atoms with Crippen molar-refractivity contribution in [3.63, 3.8) is 0 Å². The number of carbonyl (C=O) groups excluding carboxylic acids is 2. The van der Waals surface area contributed by atoms with Gasteiger partial charge in [-0.25, -0.2) is 0 Å². The fourth-order valence-electron chi connectivity index (χ4n) is 2.73. The Hall–Kier alpha value is -1.88. The summed E-state index contributed by atoms with van der Waals surface area (Å²) in [6.07, 6.45) is 0.338. The Bertz CT molecular complexity index is 537. The predicted octanol–water partition coefficient (Wildman–Crippen LogP) is 1.91. The topological polar surface area (TPSA) is 49.9 Å². The molecule has 0 N–H and O–H groups in total. The molecule has 0 spiro atoms. The standard InChI is InChI=1S/C17H24N2O3/c1-4-22-8-5-16(20)18-6-7-19(17(21)12-18)15-10-13(2)9-14(3)11-15/h9-11H,4-8,12H2,1-3H3. The molecule has 1 heterocycles. The zero-order chi connectivity index (χ0) is 16.1. The number of hydrogen-bond acceptors (Lipinski definition) is 3. The second-order valence-corrected chi connectivity index (χ2v) is 5.65. The smallest absolute Gasteiger partial charge is 0.246 e. The number of ether oxygens (including phenoxy) is 1. The number of rotatable bonds is 5. The number of carbonyl (C=O) groups is 2.